The van der Waals surface area contributed by atoms with E-state index in [2.05, 4.69) is 10.3 Å². The maximum Gasteiger partial charge on any atom is 0.408 e. The summed E-state index contributed by atoms with van der Waals surface area (Å²) in [6, 6.07) is 5.45. The summed E-state index contributed by atoms with van der Waals surface area (Å²) < 4.78 is 10.3. The van der Waals surface area contributed by atoms with Crippen LogP contribution in [0.3, 0.4) is 0 Å². The Morgan fingerprint density at radius 2 is 1.88 bits per heavy atom. The van der Waals surface area contributed by atoms with Gasteiger partial charge < -0.3 is 19.7 Å². The number of nitrogens with one attached hydrogen (secondary N) is 1. The number of ether oxygens (including phenoxy) is 2. The van der Waals surface area contributed by atoms with Gasteiger partial charge in [-0.25, -0.2) is 19.6 Å². The van der Waals surface area contributed by atoms with E-state index in [0.29, 0.717) is 41.8 Å². The minimum absolute atomic E-state index is 0.342. The molecule has 184 valence electrons. The zero-order chi connectivity index (χ0) is 25.1. The fourth-order valence-corrected chi connectivity index (χ4v) is 4.90. The normalized spacial score (nSPS) is 15.6. The van der Waals surface area contributed by atoms with Crippen LogP contribution in [0.25, 0.3) is 0 Å². The van der Waals surface area contributed by atoms with E-state index in [0.717, 1.165) is 15.6 Å². The molecular formula is C23H28Cl2N4O4S. The molecule has 0 unspecified atom stereocenters. The Hall–Kier alpha value is -2.23. The highest BCUT2D eigenvalue weighted by Gasteiger charge is 2.45. The van der Waals surface area contributed by atoms with E-state index in [9.17, 15) is 9.59 Å². The van der Waals surface area contributed by atoms with Crippen molar-refractivity contribution in [1.29, 1.82) is 0 Å². The third-order valence-corrected chi connectivity index (χ3v) is 7.35. The van der Waals surface area contributed by atoms with Crippen LogP contribution in [-0.2, 0) is 14.3 Å². The quantitative estimate of drug-likeness (QED) is 0.525. The number of hydrogen-bond donors (Lipinski definition) is 1. The molecule has 8 nitrogen and oxygen atoms in total. The van der Waals surface area contributed by atoms with Gasteiger partial charge in [0.15, 0.2) is 0 Å². The predicted octanol–water partition coefficient (Wildman–Crippen LogP) is 5.28. The molecule has 0 radical (unpaired) electrons. The lowest BCUT2D eigenvalue weighted by atomic mass is 9.87. The van der Waals surface area contributed by atoms with Gasteiger partial charge >= 0.3 is 12.1 Å². The molecule has 1 N–H and O–H groups in total. The molecule has 1 aromatic heterocycles. The molecule has 0 aliphatic carbocycles. The summed E-state index contributed by atoms with van der Waals surface area (Å²) in [5.41, 5.74) is -1.09. The van der Waals surface area contributed by atoms with Gasteiger partial charge in [-0.3, -0.25) is 0 Å². The smallest absolute Gasteiger partial charge is 0.408 e. The van der Waals surface area contributed by atoms with Crippen molar-refractivity contribution in [2.24, 2.45) is 0 Å². The van der Waals surface area contributed by atoms with Gasteiger partial charge in [-0.1, -0.05) is 41.0 Å². The summed E-state index contributed by atoms with van der Waals surface area (Å²) in [6.45, 7) is 8.14. The zero-order valence-corrected chi connectivity index (χ0v) is 22.1. The van der Waals surface area contributed by atoms with Crippen molar-refractivity contribution in [3.8, 4) is 0 Å². The molecule has 1 amide bonds. The number of methoxy groups -OCH3 is 1. The van der Waals surface area contributed by atoms with Crippen molar-refractivity contribution >= 4 is 52.8 Å². The van der Waals surface area contributed by atoms with Crippen LogP contribution >= 0.6 is 35.0 Å². The summed E-state index contributed by atoms with van der Waals surface area (Å²) in [4.78, 5) is 37.1. The average Bonchev–Trinajstić information content (AvgIpc) is 2.76. The van der Waals surface area contributed by atoms with Gasteiger partial charge in [0.25, 0.3) is 0 Å². The highest BCUT2D eigenvalue weighted by Crippen LogP contribution is 2.37. The number of nitrogens with zero attached hydrogens (tertiary/aromatic N) is 3. The number of carbonyl (C=O) groups is 2. The lowest BCUT2D eigenvalue weighted by Gasteiger charge is -2.40. The highest BCUT2D eigenvalue weighted by atomic mass is 35.5. The molecule has 1 saturated heterocycles. The number of aryl methyl sites for hydroxylation is 1. The number of carbonyl (C=O) groups excluding carboxylic acids is 2. The molecule has 11 heteroatoms. The van der Waals surface area contributed by atoms with Crippen molar-refractivity contribution in [1.82, 2.24) is 15.3 Å². The number of hydrogen-bond acceptors (Lipinski definition) is 8. The second kappa shape index (κ2) is 10.6. The van der Waals surface area contributed by atoms with Gasteiger partial charge in [-0.15, -0.1) is 0 Å². The Morgan fingerprint density at radius 1 is 1.21 bits per heavy atom. The van der Waals surface area contributed by atoms with E-state index in [-0.39, 0.29) is 0 Å². The van der Waals surface area contributed by atoms with Crippen LogP contribution in [0.4, 0.5) is 10.6 Å². The van der Waals surface area contributed by atoms with Crippen molar-refractivity contribution in [3.63, 3.8) is 0 Å². The first-order valence-corrected chi connectivity index (χ1v) is 12.3. The molecule has 0 saturated carbocycles. The molecule has 0 atom stereocenters. The van der Waals surface area contributed by atoms with Gasteiger partial charge in [0.1, 0.15) is 22.0 Å². The van der Waals surface area contributed by atoms with E-state index in [1.165, 1.54) is 18.9 Å². The number of benzene rings is 1. The Kier molecular flexibility index (Phi) is 8.21. The first-order valence-electron chi connectivity index (χ1n) is 10.7. The minimum atomic E-state index is -1.16. The molecule has 1 aliphatic rings. The molecule has 34 heavy (non-hydrogen) atoms. The van der Waals surface area contributed by atoms with Crippen molar-refractivity contribution in [2.75, 3.05) is 25.1 Å². The Bertz CT molecular complexity index is 1070. The third-order valence-electron chi connectivity index (χ3n) is 5.27. The zero-order valence-electron chi connectivity index (χ0n) is 19.8. The van der Waals surface area contributed by atoms with Crippen LogP contribution < -0.4 is 10.2 Å². The predicted molar refractivity (Wildman–Crippen MR) is 133 cm³/mol. The van der Waals surface area contributed by atoms with E-state index >= 15 is 0 Å². The topological polar surface area (TPSA) is 93.6 Å². The molecule has 1 aliphatic heterocycles. The van der Waals surface area contributed by atoms with Crippen molar-refractivity contribution in [2.45, 2.75) is 61.6 Å². The number of aromatic nitrogens is 2. The molecule has 1 fully saturated rings. The number of esters is 1. The fourth-order valence-electron chi connectivity index (χ4n) is 3.57. The molecule has 2 heterocycles. The summed E-state index contributed by atoms with van der Waals surface area (Å²) in [5, 5.41) is 4.43. The number of amides is 1. The van der Waals surface area contributed by atoms with Crippen LogP contribution in [0.5, 0.6) is 0 Å². The first kappa shape index (κ1) is 26.4. The summed E-state index contributed by atoms with van der Waals surface area (Å²) in [6.07, 6.45) is 1.73. The molecule has 2 aromatic rings. The van der Waals surface area contributed by atoms with Crippen LogP contribution in [-0.4, -0.2) is 53.4 Å². The highest BCUT2D eigenvalue weighted by molar-refractivity contribution is 7.99. The average molecular weight is 527 g/mol. The molecule has 1 aromatic carbocycles. The maximum atomic E-state index is 12.6. The summed E-state index contributed by atoms with van der Waals surface area (Å²) in [7, 11) is 1.31. The van der Waals surface area contributed by atoms with E-state index in [4.69, 9.17) is 37.7 Å². The van der Waals surface area contributed by atoms with Crippen molar-refractivity contribution in [3.05, 3.63) is 40.1 Å². The standard InChI is InChI=1S/C23H28Cl2N4O4S/c1-14-19(34-16-8-6-7-15(24)18(16)25)26-13-17(27-14)29-11-9-23(10-12-29,20(30)32-5)28-21(31)33-22(2,3)4/h6-8,13H,9-12H2,1-5H3,(H,28,31). The first-order chi connectivity index (χ1) is 15.9. The van der Waals surface area contributed by atoms with E-state index in [1.807, 2.05) is 24.0 Å². The van der Waals surface area contributed by atoms with Gasteiger partial charge in [0.05, 0.1) is 29.0 Å². The lowest BCUT2D eigenvalue weighted by molar-refractivity contribution is -0.149. The van der Waals surface area contributed by atoms with Crippen LogP contribution in [0.15, 0.2) is 34.3 Å². The van der Waals surface area contributed by atoms with Gasteiger partial charge in [0, 0.05) is 18.0 Å². The second-order valence-corrected chi connectivity index (χ2v) is 10.8. The summed E-state index contributed by atoms with van der Waals surface area (Å²) in [5.74, 6) is 0.195. The SMILES string of the molecule is COC(=O)C1(NC(=O)OC(C)(C)C)CCN(c2cnc(Sc3cccc(Cl)c3Cl)c(C)n2)CC1. The molecule has 0 spiro atoms. The second-order valence-electron chi connectivity index (χ2n) is 8.96. The van der Waals surface area contributed by atoms with Gasteiger partial charge in [0.2, 0.25) is 0 Å². The number of alkyl carbamates (subject to hydrolysis) is 1. The number of rotatable bonds is 5. The maximum absolute atomic E-state index is 12.6. The molecular weight excluding hydrogens is 499 g/mol. The third kappa shape index (κ3) is 6.25. The molecule has 0 bridgehead atoms. The van der Waals surface area contributed by atoms with Crippen LogP contribution in [0.2, 0.25) is 10.0 Å². The monoisotopic (exact) mass is 526 g/mol. The largest absolute Gasteiger partial charge is 0.467 e. The number of piperidine rings is 1. The fraction of sp³-hybridized carbons (Fsp3) is 0.478. The van der Waals surface area contributed by atoms with Crippen LogP contribution in [0.1, 0.15) is 39.3 Å². The van der Waals surface area contributed by atoms with Gasteiger partial charge in [-0.05, 0) is 52.7 Å². The van der Waals surface area contributed by atoms with E-state index in [1.54, 1.807) is 33.0 Å². The molecule has 3 rings (SSSR count). The van der Waals surface area contributed by atoms with E-state index < -0.39 is 23.2 Å². The number of anilines is 1. The van der Waals surface area contributed by atoms with Gasteiger partial charge in [-0.2, -0.15) is 0 Å². The minimum Gasteiger partial charge on any atom is -0.467 e. The van der Waals surface area contributed by atoms with Crippen LogP contribution in [0, 0.1) is 6.92 Å². The van der Waals surface area contributed by atoms with Crippen molar-refractivity contribution < 1.29 is 19.1 Å². The Morgan fingerprint density at radius 3 is 2.47 bits per heavy atom. The number of halogens is 2. The lowest BCUT2D eigenvalue weighted by Crippen LogP contribution is -2.61. The Labute approximate surface area is 213 Å². The Balaban J connectivity index is 1.71. The summed E-state index contributed by atoms with van der Waals surface area (Å²) >= 11 is 13.8.